The molecule has 0 fully saturated rings. The van der Waals surface area contributed by atoms with Gasteiger partial charge in [0.15, 0.2) is 0 Å². The molecule has 1 aliphatic carbocycles. The number of hydrogen-bond acceptors (Lipinski definition) is 6. The molecule has 7 nitrogen and oxygen atoms in total. The fraction of sp³-hybridized carbons (Fsp3) is 0.280. The van der Waals surface area contributed by atoms with Crippen LogP contribution in [0.4, 0.5) is 5.69 Å². The van der Waals surface area contributed by atoms with E-state index >= 15 is 0 Å². The molecule has 2 aromatic carbocycles. The molecule has 0 saturated carbocycles. The third-order valence-electron chi connectivity index (χ3n) is 5.86. The van der Waals surface area contributed by atoms with E-state index in [1.807, 2.05) is 37.3 Å². The van der Waals surface area contributed by atoms with Crippen LogP contribution in [0.3, 0.4) is 0 Å². The standard InChI is InChI=1S/C25H26N2O5S2/c1-16-11-18(8-10-24(28)29)7-9-21(16)14-32-23-13-20-6-4-5-19(20)12-22(23)27(3)34(30,31)25-26-17(2)15-33-25/h7-13,15H,4-6,14H2,1-3H3,(H,28,29)/b10-8+. The van der Waals surface area contributed by atoms with E-state index in [2.05, 4.69) is 4.98 Å². The number of anilines is 1. The van der Waals surface area contributed by atoms with Gasteiger partial charge >= 0.3 is 5.97 Å². The van der Waals surface area contributed by atoms with Crippen molar-refractivity contribution >= 4 is 39.1 Å². The van der Waals surface area contributed by atoms with Crippen LogP contribution in [-0.4, -0.2) is 31.5 Å². The SMILES string of the molecule is Cc1csc(S(=O)(=O)N(C)c2cc3c(cc2OCc2ccc(/C=C/C(=O)O)cc2C)CCC3)n1. The van der Waals surface area contributed by atoms with Crippen LogP contribution in [0.5, 0.6) is 5.75 Å². The normalized spacial score (nSPS) is 13.3. The van der Waals surface area contributed by atoms with Crippen molar-refractivity contribution in [3.63, 3.8) is 0 Å². The monoisotopic (exact) mass is 498 g/mol. The van der Waals surface area contributed by atoms with E-state index in [9.17, 15) is 13.2 Å². The van der Waals surface area contributed by atoms with Gasteiger partial charge in [0.2, 0.25) is 4.34 Å². The number of fused-ring (bicyclic) bond motifs is 1. The number of aliphatic carboxylic acids is 1. The average Bonchev–Trinajstić information content (AvgIpc) is 3.44. The number of carbonyl (C=O) groups is 1. The molecule has 4 rings (SSSR count). The Kier molecular flexibility index (Phi) is 6.77. The van der Waals surface area contributed by atoms with Crippen molar-refractivity contribution in [1.82, 2.24) is 4.98 Å². The quantitative estimate of drug-likeness (QED) is 0.450. The number of thiazole rings is 1. The number of hydrogen-bond donors (Lipinski definition) is 1. The third kappa shape index (κ3) is 5.00. The van der Waals surface area contributed by atoms with Gasteiger partial charge in [-0.15, -0.1) is 11.3 Å². The first-order chi connectivity index (χ1) is 16.1. The smallest absolute Gasteiger partial charge is 0.328 e. The minimum atomic E-state index is -3.82. The van der Waals surface area contributed by atoms with Crippen LogP contribution >= 0.6 is 11.3 Å². The number of carboxylic acid groups (broad SMARTS) is 1. The van der Waals surface area contributed by atoms with Gasteiger partial charge in [0, 0.05) is 24.2 Å². The number of ether oxygens (including phenoxy) is 1. The maximum absolute atomic E-state index is 13.2. The first-order valence-corrected chi connectivity index (χ1v) is 13.2. The Morgan fingerprint density at radius 3 is 2.59 bits per heavy atom. The number of aromatic nitrogens is 1. The zero-order chi connectivity index (χ0) is 24.5. The molecular formula is C25H26N2O5S2. The minimum Gasteiger partial charge on any atom is -0.487 e. The highest BCUT2D eigenvalue weighted by atomic mass is 32.2. The van der Waals surface area contributed by atoms with Gasteiger partial charge in [0.1, 0.15) is 12.4 Å². The summed E-state index contributed by atoms with van der Waals surface area (Å²) >= 11 is 1.11. The second-order valence-electron chi connectivity index (χ2n) is 8.32. The number of rotatable bonds is 8. The van der Waals surface area contributed by atoms with Crippen LogP contribution in [0.25, 0.3) is 6.08 Å². The lowest BCUT2D eigenvalue weighted by molar-refractivity contribution is -0.131. The molecule has 0 amide bonds. The van der Waals surface area contributed by atoms with Crippen molar-refractivity contribution in [2.45, 2.75) is 44.1 Å². The Labute approximate surface area is 203 Å². The van der Waals surface area contributed by atoms with Gasteiger partial charge in [-0.3, -0.25) is 4.31 Å². The van der Waals surface area contributed by atoms with Crippen LogP contribution in [0, 0.1) is 13.8 Å². The Morgan fingerprint density at radius 2 is 1.94 bits per heavy atom. The second kappa shape index (κ2) is 9.60. The summed E-state index contributed by atoms with van der Waals surface area (Å²) in [6, 6.07) is 9.49. The van der Waals surface area contributed by atoms with Crippen LogP contribution in [-0.2, 0) is 34.3 Å². The summed E-state index contributed by atoms with van der Waals surface area (Å²) < 4.78 is 34.0. The van der Waals surface area contributed by atoms with Crippen LogP contribution < -0.4 is 9.04 Å². The van der Waals surface area contributed by atoms with Gasteiger partial charge in [-0.05, 0) is 79.1 Å². The summed E-state index contributed by atoms with van der Waals surface area (Å²) in [7, 11) is -2.28. The van der Waals surface area contributed by atoms with E-state index in [4.69, 9.17) is 9.84 Å². The van der Waals surface area contributed by atoms with Gasteiger partial charge < -0.3 is 9.84 Å². The Hall–Kier alpha value is -3.17. The molecule has 0 radical (unpaired) electrons. The molecule has 1 aliphatic rings. The molecule has 0 unspecified atom stereocenters. The lowest BCUT2D eigenvalue weighted by Gasteiger charge is -2.23. The van der Waals surface area contributed by atoms with Crippen LogP contribution in [0.15, 0.2) is 46.1 Å². The predicted octanol–water partition coefficient (Wildman–Crippen LogP) is 4.75. The maximum Gasteiger partial charge on any atom is 0.328 e. The Bertz CT molecular complexity index is 1380. The molecule has 0 aliphatic heterocycles. The van der Waals surface area contributed by atoms with Gasteiger partial charge in [-0.25, -0.2) is 9.78 Å². The molecule has 0 atom stereocenters. The van der Waals surface area contributed by atoms with Crippen molar-refractivity contribution in [3.8, 4) is 5.75 Å². The number of carboxylic acids is 1. The van der Waals surface area contributed by atoms with E-state index in [1.165, 1.54) is 16.9 Å². The summed E-state index contributed by atoms with van der Waals surface area (Å²) in [4.78, 5) is 14.9. The zero-order valence-electron chi connectivity index (χ0n) is 19.2. The van der Waals surface area contributed by atoms with Crippen molar-refractivity contribution in [3.05, 3.63) is 75.3 Å². The summed E-state index contributed by atoms with van der Waals surface area (Å²) in [5.74, 6) is -0.490. The molecule has 178 valence electrons. The van der Waals surface area contributed by atoms with E-state index in [0.717, 1.165) is 58.9 Å². The Morgan fingerprint density at radius 1 is 1.21 bits per heavy atom. The molecule has 0 bridgehead atoms. The fourth-order valence-electron chi connectivity index (χ4n) is 3.96. The zero-order valence-corrected chi connectivity index (χ0v) is 20.9. The van der Waals surface area contributed by atoms with Gasteiger partial charge in [-0.1, -0.05) is 18.2 Å². The molecule has 0 spiro atoms. The first kappa shape index (κ1) is 24.0. The number of aryl methyl sites for hydroxylation is 4. The van der Waals surface area contributed by atoms with Gasteiger partial charge in [0.05, 0.1) is 5.69 Å². The third-order valence-corrected chi connectivity index (χ3v) is 8.98. The van der Waals surface area contributed by atoms with Crippen LogP contribution in [0.2, 0.25) is 0 Å². The van der Waals surface area contributed by atoms with Crippen molar-refractivity contribution in [1.29, 1.82) is 0 Å². The largest absolute Gasteiger partial charge is 0.487 e. The number of nitrogens with zero attached hydrogens (tertiary/aromatic N) is 2. The lowest BCUT2D eigenvalue weighted by atomic mass is 10.1. The van der Waals surface area contributed by atoms with Gasteiger partial charge in [-0.2, -0.15) is 8.42 Å². The molecule has 9 heteroatoms. The fourth-order valence-corrected chi connectivity index (χ4v) is 6.34. The van der Waals surface area contributed by atoms with E-state index in [0.29, 0.717) is 17.1 Å². The van der Waals surface area contributed by atoms with E-state index < -0.39 is 16.0 Å². The second-order valence-corrected chi connectivity index (χ2v) is 11.3. The highest BCUT2D eigenvalue weighted by Gasteiger charge is 2.28. The lowest BCUT2D eigenvalue weighted by Crippen LogP contribution is -2.27. The highest BCUT2D eigenvalue weighted by Crippen LogP contribution is 2.38. The molecule has 1 N–H and O–H groups in total. The molecule has 34 heavy (non-hydrogen) atoms. The minimum absolute atomic E-state index is 0.0554. The first-order valence-electron chi connectivity index (χ1n) is 10.9. The van der Waals surface area contributed by atoms with Crippen molar-refractivity contribution in [2.75, 3.05) is 11.4 Å². The number of benzene rings is 2. The van der Waals surface area contributed by atoms with Gasteiger partial charge in [0.25, 0.3) is 10.0 Å². The van der Waals surface area contributed by atoms with Crippen molar-refractivity contribution in [2.24, 2.45) is 0 Å². The molecule has 3 aromatic rings. The van der Waals surface area contributed by atoms with Crippen molar-refractivity contribution < 1.29 is 23.1 Å². The Balaban J connectivity index is 1.63. The topological polar surface area (TPSA) is 96.8 Å². The summed E-state index contributed by atoms with van der Waals surface area (Å²) in [6.45, 7) is 3.96. The summed E-state index contributed by atoms with van der Waals surface area (Å²) in [5, 5.41) is 10.5. The summed E-state index contributed by atoms with van der Waals surface area (Å²) in [5.41, 5.74) is 6.15. The molecule has 0 saturated heterocycles. The predicted molar refractivity (Wildman–Crippen MR) is 133 cm³/mol. The molecule has 1 aromatic heterocycles. The molecular weight excluding hydrogens is 472 g/mol. The maximum atomic E-state index is 13.2. The van der Waals surface area contributed by atoms with Crippen LogP contribution in [0.1, 0.15) is 39.9 Å². The molecule has 1 heterocycles. The van der Waals surface area contributed by atoms with E-state index in [1.54, 1.807) is 18.4 Å². The summed E-state index contributed by atoms with van der Waals surface area (Å²) in [6.07, 6.45) is 5.53. The average molecular weight is 499 g/mol. The number of sulfonamides is 1. The van der Waals surface area contributed by atoms with E-state index in [-0.39, 0.29) is 10.9 Å². The highest BCUT2D eigenvalue weighted by molar-refractivity contribution is 7.94.